The highest BCUT2D eigenvalue weighted by Gasteiger charge is 2.31. The summed E-state index contributed by atoms with van der Waals surface area (Å²) in [6.07, 6.45) is -1.97. The number of carbonyl (C=O) groups excluding carboxylic acids is 1. The SMILES string of the molecule is CC(NC(=O)c1cc(-c2ccc(OC(F)(F)F)cc2)nn(-c2cccnc2)c1=O)C(C)(C)O. The number of rotatable bonds is 6. The molecule has 33 heavy (non-hydrogen) atoms. The molecule has 0 saturated heterocycles. The minimum absolute atomic E-state index is 0.151. The van der Waals surface area contributed by atoms with Crippen molar-refractivity contribution < 1.29 is 27.8 Å². The fourth-order valence-electron chi connectivity index (χ4n) is 2.73. The molecule has 0 bridgehead atoms. The lowest BCUT2D eigenvalue weighted by Gasteiger charge is -2.26. The molecule has 174 valence electrons. The lowest BCUT2D eigenvalue weighted by atomic mass is 10.0. The Kier molecular flexibility index (Phi) is 6.54. The van der Waals surface area contributed by atoms with Crippen LogP contribution in [0.2, 0.25) is 0 Å². The largest absolute Gasteiger partial charge is 0.573 e. The number of nitrogens with zero attached hydrogens (tertiary/aromatic N) is 3. The van der Waals surface area contributed by atoms with Crippen molar-refractivity contribution in [2.75, 3.05) is 0 Å². The van der Waals surface area contributed by atoms with Gasteiger partial charge in [-0.3, -0.25) is 14.6 Å². The fraction of sp³-hybridized carbons (Fsp3) is 0.273. The number of hydrogen-bond acceptors (Lipinski definition) is 6. The van der Waals surface area contributed by atoms with Crippen molar-refractivity contribution in [3.63, 3.8) is 0 Å². The van der Waals surface area contributed by atoms with Gasteiger partial charge < -0.3 is 15.2 Å². The molecule has 0 radical (unpaired) electrons. The van der Waals surface area contributed by atoms with Crippen molar-refractivity contribution in [1.29, 1.82) is 0 Å². The molecule has 0 aliphatic heterocycles. The monoisotopic (exact) mass is 462 g/mol. The smallest absolute Gasteiger partial charge is 0.406 e. The highest BCUT2D eigenvalue weighted by Crippen LogP contribution is 2.26. The number of amides is 1. The predicted molar refractivity (Wildman–Crippen MR) is 113 cm³/mol. The van der Waals surface area contributed by atoms with Crippen LogP contribution in [-0.2, 0) is 0 Å². The summed E-state index contributed by atoms with van der Waals surface area (Å²) in [6.45, 7) is 4.60. The van der Waals surface area contributed by atoms with Gasteiger partial charge in [-0.2, -0.15) is 9.78 Å². The predicted octanol–water partition coefficient (Wildman–Crippen LogP) is 3.08. The van der Waals surface area contributed by atoms with Gasteiger partial charge in [0.05, 0.1) is 29.2 Å². The van der Waals surface area contributed by atoms with Crippen LogP contribution in [0.5, 0.6) is 5.75 Å². The first-order valence-corrected chi connectivity index (χ1v) is 9.79. The molecular weight excluding hydrogens is 441 g/mol. The zero-order valence-electron chi connectivity index (χ0n) is 17.9. The second-order valence-corrected chi connectivity index (χ2v) is 7.79. The average Bonchev–Trinajstić information content (AvgIpc) is 2.73. The Balaban J connectivity index is 2.08. The lowest BCUT2D eigenvalue weighted by molar-refractivity contribution is -0.274. The molecule has 0 saturated carbocycles. The number of pyridine rings is 1. The number of benzene rings is 1. The summed E-state index contributed by atoms with van der Waals surface area (Å²) in [4.78, 5) is 29.9. The quantitative estimate of drug-likeness (QED) is 0.583. The van der Waals surface area contributed by atoms with Crippen molar-refractivity contribution in [3.8, 4) is 22.7 Å². The molecule has 3 rings (SSSR count). The Morgan fingerprint density at radius 2 is 1.85 bits per heavy atom. The summed E-state index contributed by atoms with van der Waals surface area (Å²) in [5, 5.41) is 17.0. The van der Waals surface area contributed by atoms with Gasteiger partial charge in [0, 0.05) is 11.8 Å². The molecule has 2 heterocycles. The first kappa shape index (κ1) is 23.9. The van der Waals surface area contributed by atoms with E-state index in [0.717, 1.165) is 16.8 Å². The van der Waals surface area contributed by atoms with Crippen LogP contribution in [0.4, 0.5) is 13.2 Å². The van der Waals surface area contributed by atoms with Crippen molar-refractivity contribution in [2.24, 2.45) is 0 Å². The van der Waals surface area contributed by atoms with Gasteiger partial charge in [0.1, 0.15) is 11.3 Å². The summed E-state index contributed by atoms with van der Waals surface area (Å²) in [5.74, 6) is -1.17. The number of nitrogens with one attached hydrogen (secondary N) is 1. The van der Waals surface area contributed by atoms with E-state index >= 15 is 0 Å². The third-order valence-electron chi connectivity index (χ3n) is 4.84. The Bertz CT molecular complexity index is 1190. The third-order valence-corrected chi connectivity index (χ3v) is 4.84. The number of halogens is 3. The fourth-order valence-corrected chi connectivity index (χ4v) is 2.73. The van der Waals surface area contributed by atoms with E-state index in [1.807, 2.05) is 0 Å². The summed E-state index contributed by atoms with van der Waals surface area (Å²) in [5.41, 5.74) is -1.47. The van der Waals surface area contributed by atoms with Crippen LogP contribution in [0.15, 0.2) is 59.7 Å². The summed E-state index contributed by atoms with van der Waals surface area (Å²) >= 11 is 0. The molecular formula is C22H21F3N4O4. The molecule has 0 aliphatic rings. The van der Waals surface area contributed by atoms with Gasteiger partial charge in [0.25, 0.3) is 11.5 Å². The maximum atomic E-state index is 13.0. The maximum Gasteiger partial charge on any atom is 0.573 e. The topological polar surface area (TPSA) is 106 Å². The van der Waals surface area contributed by atoms with Crippen LogP contribution in [0.25, 0.3) is 16.9 Å². The third kappa shape index (κ3) is 5.95. The Morgan fingerprint density at radius 3 is 2.39 bits per heavy atom. The van der Waals surface area contributed by atoms with E-state index in [-0.39, 0.29) is 16.9 Å². The highest BCUT2D eigenvalue weighted by atomic mass is 19.4. The van der Waals surface area contributed by atoms with Gasteiger partial charge in [-0.15, -0.1) is 13.2 Å². The Labute approximate surface area is 186 Å². The van der Waals surface area contributed by atoms with E-state index in [4.69, 9.17) is 0 Å². The van der Waals surface area contributed by atoms with Crippen LogP contribution >= 0.6 is 0 Å². The van der Waals surface area contributed by atoms with E-state index < -0.39 is 35.2 Å². The number of aliphatic hydroxyl groups is 1. The number of carbonyl (C=O) groups is 1. The van der Waals surface area contributed by atoms with Crippen LogP contribution in [0.3, 0.4) is 0 Å². The summed E-state index contributed by atoms with van der Waals surface area (Å²) in [7, 11) is 0. The van der Waals surface area contributed by atoms with E-state index in [1.54, 1.807) is 19.1 Å². The first-order valence-electron chi connectivity index (χ1n) is 9.79. The van der Waals surface area contributed by atoms with Gasteiger partial charge in [-0.05, 0) is 63.2 Å². The van der Waals surface area contributed by atoms with E-state index in [9.17, 15) is 27.9 Å². The summed E-state index contributed by atoms with van der Waals surface area (Å²) < 4.78 is 42.2. The van der Waals surface area contributed by atoms with Gasteiger partial charge in [-0.1, -0.05) is 0 Å². The molecule has 2 N–H and O–H groups in total. The van der Waals surface area contributed by atoms with E-state index in [2.05, 4.69) is 20.1 Å². The molecule has 1 aromatic carbocycles. The lowest BCUT2D eigenvalue weighted by Crippen LogP contribution is -2.48. The van der Waals surface area contributed by atoms with E-state index in [0.29, 0.717) is 5.56 Å². The molecule has 1 unspecified atom stereocenters. The second kappa shape index (κ2) is 9.02. The van der Waals surface area contributed by atoms with Crippen molar-refractivity contribution in [3.05, 3.63) is 70.8 Å². The molecule has 2 aromatic heterocycles. The van der Waals surface area contributed by atoms with Gasteiger partial charge in [0.2, 0.25) is 0 Å². The van der Waals surface area contributed by atoms with Gasteiger partial charge >= 0.3 is 6.36 Å². The maximum absolute atomic E-state index is 13.0. The van der Waals surface area contributed by atoms with Gasteiger partial charge in [-0.25, -0.2) is 0 Å². The van der Waals surface area contributed by atoms with Crippen LogP contribution in [-0.4, -0.2) is 43.8 Å². The number of ether oxygens (including phenoxy) is 1. The minimum atomic E-state index is -4.84. The van der Waals surface area contributed by atoms with Gasteiger partial charge in [0.15, 0.2) is 0 Å². The standard InChI is InChI=1S/C22H21F3N4O4/c1-13(21(2,3)32)27-19(30)17-11-18(14-6-8-16(9-7-14)33-22(23,24)25)28-29(20(17)31)15-5-4-10-26-12-15/h4-13,32H,1-3H3,(H,27,30). The Morgan fingerprint density at radius 1 is 1.18 bits per heavy atom. The first-order chi connectivity index (χ1) is 15.3. The second-order valence-electron chi connectivity index (χ2n) is 7.79. The van der Waals surface area contributed by atoms with Crippen LogP contribution in [0, 0.1) is 0 Å². The summed E-state index contributed by atoms with van der Waals surface area (Å²) in [6, 6.07) is 8.53. The molecule has 1 amide bonds. The van der Waals surface area contributed by atoms with Crippen molar-refractivity contribution in [1.82, 2.24) is 20.1 Å². The van der Waals surface area contributed by atoms with Crippen molar-refractivity contribution in [2.45, 2.75) is 38.8 Å². The van der Waals surface area contributed by atoms with Crippen molar-refractivity contribution >= 4 is 5.91 Å². The molecule has 11 heteroatoms. The molecule has 3 aromatic rings. The molecule has 1 atom stereocenters. The average molecular weight is 462 g/mol. The molecule has 0 fully saturated rings. The van der Waals surface area contributed by atoms with Crippen LogP contribution in [0.1, 0.15) is 31.1 Å². The number of aromatic nitrogens is 3. The molecule has 8 nitrogen and oxygen atoms in total. The number of hydrogen-bond donors (Lipinski definition) is 2. The number of alkyl halides is 3. The molecule has 0 spiro atoms. The zero-order chi connectivity index (χ0) is 24.4. The van der Waals surface area contributed by atoms with Crippen LogP contribution < -0.4 is 15.6 Å². The highest BCUT2D eigenvalue weighted by molar-refractivity contribution is 5.95. The normalized spacial score (nSPS) is 12.8. The zero-order valence-corrected chi connectivity index (χ0v) is 17.9. The molecule has 0 aliphatic carbocycles. The Hall–Kier alpha value is -3.73. The minimum Gasteiger partial charge on any atom is -0.406 e. The van der Waals surface area contributed by atoms with E-state index in [1.165, 1.54) is 44.4 Å².